The minimum atomic E-state index is 0.157. The van der Waals surface area contributed by atoms with Crippen molar-refractivity contribution in [2.45, 2.75) is 0 Å². The first-order valence-electron chi connectivity index (χ1n) is 4.66. The maximum Gasteiger partial charge on any atom is 0.162 e. The van der Waals surface area contributed by atoms with Crippen LogP contribution >= 0.6 is 11.6 Å². The second kappa shape index (κ2) is 4.85. The molecule has 0 atom stereocenters. The summed E-state index contributed by atoms with van der Waals surface area (Å²) in [6.45, 7) is 0. The minimum Gasteiger partial charge on any atom is -0.477 e. The Morgan fingerprint density at radius 3 is 2.60 bits per heavy atom. The van der Waals surface area contributed by atoms with Gasteiger partial charge >= 0.3 is 0 Å². The van der Waals surface area contributed by atoms with Gasteiger partial charge in [0.15, 0.2) is 6.07 Å². The monoisotopic (exact) mass is 217 g/mol. The van der Waals surface area contributed by atoms with Crippen LogP contribution in [0.4, 0.5) is 0 Å². The van der Waals surface area contributed by atoms with Gasteiger partial charge in [-0.1, -0.05) is 54.1 Å². The standard InChI is InChI=1S/C13H10ClO/c14-10-15-13-9-5-4-8-12(13)11-6-2-1-3-7-11/h1-6,8-9H,10H2. The molecule has 15 heavy (non-hydrogen) atoms. The van der Waals surface area contributed by atoms with Crippen molar-refractivity contribution in [3.8, 4) is 16.9 Å². The lowest BCUT2D eigenvalue weighted by molar-refractivity contribution is 0.389. The van der Waals surface area contributed by atoms with Crippen LogP contribution in [0, 0.1) is 6.07 Å². The zero-order chi connectivity index (χ0) is 10.5. The Kier molecular flexibility index (Phi) is 3.25. The number of alkyl halides is 1. The number of ether oxygens (including phenoxy) is 1. The van der Waals surface area contributed by atoms with Gasteiger partial charge in [0.2, 0.25) is 0 Å². The van der Waals surface area contributed by atoms with E-state index < -0.39 is 0 Å². The van der Waals surface area contributed by atoms with E-state index in [2.05, 4.69) is 6.07 Å². The highest BCUT2D eigenvalue weighted by Gasteiger charge is 2.04. The van der Waals surface area contributed by atoms with E-state index >= 15 is 0 Å². The quantitative estimate of drug-likeness (QED) is 0.712. The van der Waals surface area contributed by atoms with Crippen molar-refractivity contribution in [3.63, 3.8) is 0 Å². The van der Waals surface area contributed by atoms with Crippen LogP contribution in [0.2, 0.25) is 0 Å². The molecule has 0 aliphatic rings. The van der Waals surface area contributed by atoms with Gasteiger partial charge in [-0.2, -0.15) is 0 Å². The van der Waals surface area contributed by atoms with Crippen LogP contribution in [0.25, 0.3) is 11.1 Å². The van der Waals surface area contributed by atoms with Crippen LogP contribution in [-0.2, 0) is 0 Å². The fourth-order valence-corrected chi connectivity index (χ4v) is 1.55. The summed E-state index contributed by atoms with van der Waals surface area (Å²) in [6, 6.07) is 18.9. The van der Waals surface area contributed by atoms with Crippen LogP contribution in [0.15, 0.2) is 48.5 Å². The summed E-state index contributed by atoms with van der Waals surface area (Å²) < 4.78 is 5.34. The van der Waals surface area contributed by atoms with Crippen LogP contribution in [0.3, 0.4) is 0 Å². The summed E-state index contributed by atoms with van der Waals surface area (Å²) in [4.78, 5) is 0. The van der Waals surface area contributed by atoms with Crippen LogP contribution in [0.5, 0.6) is 5.75 Å². The Morgan fingerprint density at radius 1 is 1.07 bits per heavy atom. The zero-order valence-corrected chi connectivity index (χ0v) is 8.87. The molecule has 0 amide bonds. The molecular formula is C13H10ClO. The highest BCUT2D eigenvalue weighted by atomic mass is 35.5. The maximum atomic E-state index is 5.56. The van der Waals surface area contributed by atoms with E-state index in [9.17, 15) is 0 Å². The minimum absolute atomic E-state index is 0.157. The molecule has 0 saturated heterocycles. The molecule has 0 fully saturated rings. The van der Waals surface area contributed by atoms with Crippen molar-refractivity contribution in [3.05, 3.63) is 54.6 Å². The molecule has 0 saturated carbocycles. The van der Waals surface area contributed by atoms with Crippen molar-refractivity contribution in [1.29, 1.82) is 0 Å². The SMILES string of the molecule is ClCOc1ccccc1-c1[c]cccc1. The van der Waals surface area contributed by atoms with E-state index in [1.54, 1.807) is 0 Å². The van der Waals surface area contributed by atoms with Gasteiger partial charge in [0.25, 0.3) is 0 Å². The van der Waals surface area contributed by atoms with Gasteiger partial charge in [-0.25, -0.2) is 0 Å². The van der Waals surface area contributed by atoms with Crippen LogP contribution < -0.4 is 4.74 Å². The molecule has 0 unspecified atom stereocenters. The highest BCUT2D eigenvalue weighted by molar-refractivity contribution is 6.17. The third kappa shape index (κ3) is 2.31. The number of benzene rings is 2. The number of para-hydroxylation sites is 1. The first kappa shape index (κ1) is 10.1. The number of rotatable bonds is 3. The average Bonchev–Trinajstić information content (AvgIpc) is 2.31. The lowest BCUT2D eigenvalue weighted by atomic mass is 10.1. The van der Waals surface area contributed by atoms with Gasteiger partial charge in [-0.3, -0.25) is 0 Å². The number of halogens is 1. The van der Waals surface area contributed by atoms with Crippen molar-refractivity contribution in [2.75, 3.05) is 6.07 Å². The topological polar surface area (TPSA) is 9.23 Å². The highest BCUT2D eigenvalue weighted by Crippen LogP contribution is 2.29. The summed E-state index contributed by atoms with van der Waals surface area (Å²) in [5.74, 6) is 0.787. The van der Waals surface area contributed by atoms with Gasteiger partial charge < -0.3 is 4.74 Å². The molecule has 0 N–H and O–H groups in total. The van der Waals surface area contributed by atoms with E-state index in [1.807, 2.05) is 48.5 Å². The van der Waals surface area contributed by atoms with E-state index in [0.29, 0.717) is 0 Å². The zero-order valence-electron chi connectivity index (χ0n) is 8.11. The lowest BCUT2D eigenvalue weighted by Gasteiger charge is -2.08. The van der Waals surface area contributed by atoms with Crippen molar-refractivity contribution in [1.82, 2.24) is 0 Å². The van der Waals surface area contributed by atoms with Gasteiger partial charge in [0.05, 0.1) is 0 Å². The molecule has 0 heterocycles. The van der Waals surface area contributed by atoms with Gasteiger partial charge in [0.1, 0.15) is 5.75 Å². The molecule has 0 aliphatic heterocycles. The molecule has 2 rings (SSSR count). The Hall–Kier alpha value is -1.47. The Balaban J connectivity index is 2.43. The fourth-order valence-electron chi connectivity index (χ4n) is 1.43. The van der Waals surface area contributed by atoms with E-state index in [-0.39, 0.29) is 6.07 Å². The molecule has 0 aromatic heterocycles. The molecule has 2 heteroatoms. The van der Waals surface area contributed by atoms with Gasteiger partial charge in [-0.15, -0.1) is 0 Å². The van der Waals surface area contributed by atoms with Crippen LogP contribution in [-0.4, -0.2) is 6.07 Å². The van der Waals surface area contributed by atoms with E-state index in [0.717, 1.165) is 16.9 Å². The van der Waals surface area contributed by atoms with Crippen molar-refractivity contribution >= 4 is 11.6 Å². The molecule has 2 aromatic carbocycles. The number of hydrogen-bond acceptors (Lipinski definition) is 1. The van der Waals surface area contributed by atoms with Crippen LogP contribution in [0.1, 0.15) is 0 Å². The molecule has 75 valence electrons. The summed E-state index contributed by atoms with van der Waals surface area (Å²) in [5, 5.41) is 0. The molecule has 0 bridgehead atoms. The summed E-state index contributed by atoms with van der Waals surface area (Å²) in [7, 11) is 0. The number of hydrogen-bond donors (Lipinski definition) is 0. The van der Waals surface area contributed by atoms with Crippen molar-refractivity contribution < 1.29 is 4.74 Å². The predicted molar refractivity (Wildman–Crippen MR) is 62.1 cm³/mol. The summed E-state index contributed by atoms with van der Waals surface area (Å²) >= 11 is 5.56. The Bertz CT molecular complexity index is 426. The van der Waals surface area contributed by atoms with Gasteiger partial charge in [0, 0.05) is 5.56 Å². The Labute approximate surface area is 94.3 Å². The third-order valence-electron chi connectivity index (χ3n) is 2.10. The van der Waals surface area contributed by atoms with E-state index in [1.165, 1.54) is 0 Å². The van der Waals surface area contributed by atoms with Gasteiger partial charge in [-0.05, 0) is 17.7 Å². The lowest BCUT2D eigenvalue weighted by Crippen LogP contribution is -1.91. The Morgan fingerprint density at radius 2 is 1.87 bits per heavy atom. The molecular weight excluding hydrogens is 208 g/mol. The van der Waals surface area contributed by atoms with E-state index in [4.69, 9.17) is 16.3 Å². The molecule has 2 aromatic rings. The second-order valence-electron chi connectivity index (χ2n) is 3.03. The largest absolute Gasteiger partial charge is 0.477 e. The molecule has 1 radical (unpaired) electrons. The first-order chi connectivity index (χ1) is 7.42. The first-order valence-corrected chi connectivity index (χ1v) is 5.20. The molecule has 1 nitrogen and oxygen atoms in total. The smallest absolute Gasteiger partial charge is 0.162 e. The fraction of sp³-hybridized carbons (Fsp3) is 0.0769. The normalized spacial score (nSPS) is 9.93. The maximum absolute atomic E-state index is 5.56. The summed E-state index contributed by atoms with van der Waals surface area (Å²) in [5.41, 5.74) is 2.02. The molecule has 0 spiro atoms. The second-order valence-corrected chi connectivity index (χ2v) is 3.24. The van der Waals surface area contributed by atoms with Crippen molar-refractivity contribution in [2.24, 2.45) is 0 Å². The molecule has 0 aliphatic carbocycles. The summed E-state index contributed by atoms with van der Waals surface area (Å²) in [6.07, 6.45) is 0. The average molecular weight is 218 g/mol. The third-order valence-corrected chi connectivity index (χ3v) is 2.21. The predicted octanol–water partition coefficient (Wildman–Crippen LogP) is 3.73.